The number of carbonyl (C=O) groups is 1. The van der Waals surface area contributed by atoms with Crippen LogP contribution >= 0.6 is 11.3 Å². The Balaban J connectivity index is 1.53. The fourth-order valence-electron chi connectivity index (χ4n) is 2.89. The summed E-state index contributed by atoms with van der Waals surface area (Å²) in [4.78, 5) is 17.5. The number of anilines is 2. The number of aromatic nitrogens is 1. The summed E-state index contributed by atoms with van der Waals surface area (Å²) < 4.78 is 16.4. The van der Waals surface area contributed by atoms with E-state index in [4.69, 9.17) is 19.9 Å². The number of hydrogen-bond acceptors (Lipinski definition) is 8. The summed E-state index contributed by atoms with van der Waals surface area (Å²) in [7, 11) is 0. The molecule has 3 heterocycles. The highest BCUT2D eigenvalue weighted by Crippen LogP contribution is 2.34. The summed E-state index contributed by atoms with van der Waals surface area (Å²) in [5.74, 6) is 1.33. The molecule has 1 fully saturated rings. The van der Waals surface area contributed by atoms with Crippen LogP contribution in [0.3, 0.4) is 0 Å². The molecule has 0 atom stereocenters. The predicted octanol–water partition coefficient (Wildman–Crippen LogP) is 2.32. The number of fused-ring (bicyclic) bond motifs is 1. The lowest BCUT2D eigenvalue weighted by atomic mass is 10.1. The summed E-state index contributed by atoms with van der Waals surface area (Å²) in [5.41, 5.74) is 6.49. The zero-order chi connectivity index (χ0) is 17.2. The van der Waals surface area contributed by atoms with E-state index in [2.05, 4.69) is 10.3 Å². The molecule has 0 radical (unpaired) electrons. The topological polar surface area (TPSA) is 95.7 Å². The zero-order valence-corrected chi connectivity index (χ0v) is 14.4. The number of hydrogen-bond donors (Lipinski definition) is 2. The van der Waals surface area contributed by atoms with Gasteiger partial charge in [0.05, 0.1) is 0 Å². The number of nitrogen functional groups attached to an aromatic ring is 1. The first-order valence-corrected chi connectivity index (χ1v) is 9.07. The van der Waals surface area contributed by atoms with Gasteiger partial charge in [-0.1, -0.05) is 11.3 Å². The molecule has 0 bridgehead atoms. The Morgan fingerprint density at radius 1 is 1.16 bits per heavy atom. The molecule has 2 aliphatic heterocycles. The molecule has 0 unspecified atom stereocenters. The van der Waals surface area contributed by atoms with Gasteiger partial charge in [-0.25, -0.2) is 4.98 Å². The van der Waals surface area contributed by atoms with Gasteiger partial charge < -0.3 is 25.3 Å². The van der Waals surface area contributed by atoms with Crippen LogP contribution in [0.15, 0.2) is 18.2 Å². The van der Waals surface area contributed by atoms with E-state index in [0.717, 1.165) is 26.1 Å². The second kappa shape index (κ2) is 6.89. The van der Waals surface area contributed by atoms with Gasteiger partial charge in [0.25, 0.3) is 0 Å². The third-order valence-corrected chi connectivity index (χ3v) is 5.21. The second-order valence-corrected chi connectivity index (χ2v) is 6.95. The van der Waals surface area contributed by atoms with Crippen molar-refractivity contribution in [2.45, 2.75) is 18.9 Å². The molecule has 2 aliphatic rings. The molecule has 1 saturated heterocycles. The predicted molar refractivity (Wildman–Crippen MR) is 94.9 cm³/mol. The highest BCUT2D eigenvalue weighted by atomic mass is 32.1. The van der Waals surface area contributed by atoms with Gasteiger partial charge >= 0.3 is 0 Å². The van der Waals surface area contributed by atoms with Crippen LogP contribution in [-0.4, -0.2) is 43.2 Å². The minimum absolute atomic E-state index is 0.160. The van der Waals surface area contributed by atoms with E-state index in [0.29, 0.717) is 46.3 Å². The third-order valence-electron chi connectivity index (χ3n) is 4.21. The van der Waals surface area contributed by atoms with Gasteiger partial charge in [0.1, 0.15) is 23.9 Å². The van der Waals surface area contributed by atoms with E-state index in [1.165, 1.54) is 11.3 Å². The van der Waals surface area contributed by atoms with Crippen molar-refractivity contribution >= 4 is 28.1 Å². The standard InChI is InChI=1S/C17H19N3O4S/c18-16-15(25-17(20-16)19-11-3-5-22-6-4-11)14(21)10-1-2-12-13(9-10)24-8-7-23-12/h1-2,9,11H,3-8,18H2,(H,19,20). The van der Waals surface area contributed by atoms with Crippen LogP contribution in [-0.2, 0) is 4.74 Å². The van der Waals surface area contributed by atoms with Crippen molar-refractivity contribution in [2.75, 3.05) is 37.5 Å². The lowest BCUT2D eigenvalue weighted by Crippen LogP contribution is -2.27. The molecule has 25 heavy (non-hydrogen) atoms. The highest BCUT2D eigenvalue weighted by molar-refractivity contribution is 7.18. The first-order chi connectivity index (χ1) is 12.2. The van der Waals surface area contributed by atoms with Gasteiger partial charge in [0.2, 0.25) is 5.78 Å². The first-order valence-electron chi connectivity index (χ1n) is 8.25. The van der Waals surface area contributed by atoms with Gasteiger partial charge in [-0.05, 0) is 31.0 Å². The van der Waals surface area contributed by atoms with Crippen LogP contribution in [0.5, 0.6) is 11.5 Å². The Bertz CT molecular complexity index is 786. The summed E-state index contributed by atoms with van der Waals surface area (Å²) in [5, 5.41) is 4.02. The molecule has 0 amide bonds. The SMILES string of the molecule is Nc1nc(NC2CCOCC2)sc1C(=O)c1ccc2c(c1)OCCO2. The van der Waals surface area contributed by atoms with Crippen LogP contribution in [0.25, 0.3) is 0 Å². The van der Waals surface area contributed by atoms with Gasteiger partial charge in [-0.15, -0.1) is 0 Å². The largest absolute Gasteiger partial charge is 0.486 e. The Hall–Kier alpha value is -2.32. The first kappa shape index (κ1) is 16.2. The lowest BCUT2D eigenvalue weighted by molar-refractivity contribution is 0.0904. The molecule has 1 aromatic heterocycles. The van der Waals surface area contributed by atoms with Crippen molar-refractivity contribution in [3.63, 3.8) is 0 Å². The molecule has 0 spiro atoms. The van der Waals surface area contributed by atoms with E-state index >= 15 is 0 Å². The van der Waals surface area contributed by atoms with Gasteiger partial charge in [-0.2, -0.15) is 0 Å². The van der Waals surface area contributed by atoms with Crippen molar-refractivity contribution in [1.82, 2.24) is 4.98 Å². The normalized spacial score (nSPS) is 17.3. The number of nitrogens with zero attached hydrogens (tertiary/aromatic N) is 1. The van der Waals surface area contributed by atoms with Gasteiger partial charge in [0, 0.05) is 24.8 Å². The molecule has 7 nitrogen and oxygen atoms in total. The van der Waals surface area contributed by atoms with E-state index in [1.807, 2.05) is 0 Å². The van der Waals surface area contributed by atoms with Crippen LogP contribution < -0.4 is 20.5 Å². The number of nitrogens with two attached hydrogens (primary N) is 1. The molecular weight excluding hydrogens is 342 g/mol. The second-order valence-electron chi connectivity index (χ2n) is 5.95. The zero-order valence-electron chi connectivity index (χ0n) is 13.6. The molecule has 1 aromatic carbocycles. The monoisotopic (exact) mass is 361 g/mol. The molecule has 4 rings (SSSR count). The number of ketones is 1. The summed E-state index contributed by atoms with van der Waals surface area (Å²) in [6.07, 6.45) is 1.84. The van der Waals surface area contributed by atoms with E-state index in [1.54, 1.807) is 18.2 Å². The maximum atomic E-state index is 12.8. The average molecular weight is 361 g/mol. The fourth-order valence-corrected chi connectivity index (χ4v) is 3.81. The average Bonchev–Trinajstić information content (AvgIpc) is 3.01. The summed E-state index contributed by atoms with van der Waals surface area (Å²) in [6.45, 7) is 2.47. The molecule has 0 saturated carbocycles. The molecule has 0 aliphatic carbocycles. The minimum atomic E-state index is -0.160. The number of ether oxygens (including phenoxy) is 3. The Labute approximate surface area is 149 Å². The third kappa shape index (κ3) is 3.40. The highest BCUT2D eigenvalue weighted by Gasteiger charge is 2.22. The maximum absolute atomic E-state index is 12.8. The van der Waals surface area contributed by atoms with Crippen molar-refractivity contribution in [2.24, 2.45) is 0 Å². The van der Waals surface area contributed by atoms with Crippen LogP contribution in [0.4, 0.5) is 10.9 Å². The van der Waals surface area contributed by atoms with Crippen LogP contribution in [0.1, 0.15) is 28.1 Å². The van der Waals surface area contributed by atoms with E-state index in [9.17, 15) is 4.79 Å². The van der Waals surface area contributed by atoms with Crippen molar-refractivity contribution in [1.29, 1.82) is 0 Å². The number of rotatable bonds is 4. The molecule has 3 N–H and O–H groups in total. The van der Waals surface area contributed by atoms with Crippen molar-refractivity contribution in [3.05, 3.63) is 28.6 Å². The fraction of sp³-hybridized carbons (Fsp3) is 0.412. The van der Waals surface area contributed by atoms with E-state index in [-0.39, 0.29) is 11.6 Å². The number of nitrogens with one attached hydrogen (secondary N) is 1. The molecule has 8 heteroatoms. The van der Waals surface area contributed by atoms with Crippen molar-refractivity contribution < 1.29 is 19.0 Å². The smallest absolute Gasteiger partial charge is 0.206 e. The Morgan fingerprint density at radius 2 is 1.92 bits per heavy atom. The molecule has 132 valence electrons. The maximum Gasteiger partial charge on any atom is 0.206 e. The van der Waals surface area contributed by atoms with Gasteiger partial charge in [-0.3, -0.25) is 4.79 Å². The van der Waals surface area contributed by atoms with Crippen LogP contribution in [0, 0.1) is 0 Å². The lowest BCUT2D eigenvalue weighted by Gasteiger charge is -2.22. The van der Waals surface area contributed by atoms with E-state index < -0.39 is 0 Å². The van der Waals surface area contributed by atoms with Crippen molar-refractivity contribution in [3.8, 4) is 11.5 Å². The number of benzene rings is 1. The Kier molecular flexibility index (Phi) is 4.46. The minimum Gasteiger partial charge on any atom is -0.486 e. The van der Waals surface area contributed by atoms with Crippen LogP contribution in [0.2, 0.25) is 0 Å². The summed E-state index contributed by atoms with van der Waals surface area (Å²) >= 11 is 1.28. The number of carbonyl (C=O) groups excluding carboxylic acids is 1. The summed E-state index contributed by atoms with van der Waals surface area (Å²) in [6, 6.07) is 5.47. The number of thiazole rings is 1. The van der Waals surface area contributed by atoms with Gasteiger partial charge in [0.15, 0.2) is 16.6 Å². The Morgan fingerprint density at radius 3 is 2.72 bits per heavy atom. The molecule has 2 aromatic rings. The molecular formula is C17H19N3O4S. The quantitative estimate of drug-likeness (QED) is 0.807.